The number of unbranched alkanes of at least 4 members (excludes halogenated alkanes) is 55. The molecule has 0 bridgehead atoms. The lowest BCUT2D eigenvalue weighted by Gasteiger charge is -2.21. The van der Waals surface area contributed by atoms with E-state index in [1.54, 1.807) is 0 Å². The first-order valence-corrected chi connectivity index (χ1v) is 51.3. The van der Waals surface area contributed by atoms with E-state index in [0.29, 0.717) is 31.6 Å². The minimum Gasteiger partial charge on any atom is -0.462 e. The average Bonchev–Trinajstić information content (AvgIpc) is 0.897. The summed E-state index contributed by atoms with van der Waals surface area (Å²) in [5.41, 5.74) is 0. The van der Waals surface area contributed by atoms with Gasteiger partial charge in [-0.15, -0.1) is 0 Å². The Morgan fingerprint density at radius 1 is 0.248 bits per heavy atom. The molecule has 0 radical (unpaired) electrons. The average molecular weight is 1650 g/mol. The van der Waals surface area contributed by atoms with Crippen LogP contribution >= 0.6 is 15.6 Å². The largest absolute Gasteiger partial charge is 0.472 e. The van der Waals surface area contributed by atoms with Crippen molar-refractivity contribution in [1.29, 1.82) is 0 Å². The molecule has 5 unspecified atom stereocenters. The number of rotatable bonds is 91. The summed E-state index contributed by atoms with van der Waals surface area (Å²) in [6.45, 7) is 14.4. The van der Waals surface area contributed by atoms with E-state index in [1.165, 1.54) is 295 Å². The molecule has 0 aromatic carbocycles. The van der Waals surface area contributed by atoms with Gasteiger partial charge in [0.15, 0.2) is 12.2 Å². The first kappa shape index (κ1) is 111. The highest BCUT2D eigenvalue weighted by atomic mass is 31.2. The van der Waals surface area contributed by atoms with Crippen LogP contribution in [0.15, 0.2) is 0 Å². The van der Waals surface area contributed by atoms with Gasteiger partial charge in [-0.05, 0) is 49.4 Å². The summed E-state index contributed by atoms with van der Waals surface area (Å²) >= 11 is 0. The molecule has 0 saturated carbocycles. The third kappa shape index (κ3) is 84.9. The third-order valence-corrected chi connectivity index (χ3v) is 24.7. The molecule has 0 aromatic heterocycles. The summed E-state index contributed by atoms with van der Waals surface area (Å²) in [4.78, 5) is 73.5. The minimum atomic E-state index is -4.97. The maximum atomic E-state index is 13.2. The molecule has 0 heterocycles. The predicted octanol–water partition coefficient (Wildman–Crippen LogP) is 29.1. The molecule has 0 aliphatic heterocycles. The fraction of sp³-hybridized carbons (Fsp3) is 0.957. The van der Waals surface area contributed by atoms with E-state index in [9.17, 15) is 43.2 Å². The van der Waals surface area contributed by atoms with E-state index in [-0.39, 0.29) is 25.7 Å². The van der Waals surface area contributed by atoms with Gasteiger partial charge in [-0.1, -0.05) is 447 Å². The van der Waals surface area contributed by atoms with Crippen molar-refractivity contribution in [2.45, 2.75) is 517 Å². The van der Waals surface area contributed by atoms with Gasteiger partial charge < -0.3 is 33.8 Å². The van der Waals surface area contributed by atoms with E-state index in [2.05, 4.69) is 55.4 Å². The molecule has 0 spiro atoms. The molecule has 17 nitrogen and oxygen atoms in total. The normalized spacial score (nSPS) is 14.3. The van der Waals surface area contributed by atoms with Gasteiger partial charge in [0.1, 0.15) is 19.3 Å². The number of hydrogen-bond acceptors (Lipinski definition) is 15. The van der Waals surface area contributed by atoms with Crippen LogP contribution in [0.25, 0.3) is 0 Å². The van der Waals surface area contributed by atoms with Gasteiger partial charge in [-0.2, -0.15) is 0 Å². The van der Waals surface area contributed by atoms with E-state index in [0.717, 1.165) is 114 Å². The van der Waals surface area contributed by atoms with Crippen molar-refractivity contribution in [3.63, 3.8) is 0 Å². The standard InChI is InChI=1S/C94H184O17P2/c1-9-86(7)72-64-56-48-40-34-28-22-15-11-13-17-25-31-37-43-51-60-68-76-93(98)110-89(80-104-91(96)74-66-58-50-42-36-30-24-20-19-21-27-33-39-46-54-62-70-84(3)4)82-108-112(100,101)106-78-88(95)79-107-113(102,103)109-83-90(81-105-92(97)75-67-59-53-45-47-55-63-71-85(5)6)111-94(99)77-69-61-52-44-38-32-26-18-14-12-16-23-29-35-41-49-57-65-73-87(8)10-2/h84-90,95H,9-83H2,1-8H3,(H,100,101)(H,102,103)/t86?,87?,88?,89-,90-/m1/s1. The summed E-state index contributed by atoms with van der Waals surface area (Å²) in [6, 6.07) is 0. The zero-order valence-corrected chi connectivity index (χ0v) is 76.8. The van der Waals surface area contributed by atoms with Gasteiger partial charge in [0.2, 0.25) is 0 Å². The number of aliphatic hydroxyl groups excluding tert-OH is 1. The zero-order chi connectivity index (χ0) is 83.0. The van der Waals surface area contributed by atoms with Crippen LogP contribution in [-0.4, -0.2) is 96.7 Å². The molecule has 0 rings (SSSR count). The van der Waals surface area contributed by atoms with Crippen molar-refractivity contribution in [2.75, 3.05) is 39.6 Å². The second-order valence-electron chi connectivity index (χ2n) is 35.2. The van der Waals surface area contributed by atoms with Crippen LogP contribution in [0.1, 0.15) is 498 Å². The van der Waals surface area contributed by atoms with Crippen LogP contribution in [-0.2, 0) is 65.4 Å². The van der Waals surface area contributed by atoms with Crippen molar-refractivity contribution in [3.05, 3.63) is 0 Å². The molecular weight excluding hydrogens is 1460 g/mol. The Hall–Kier alpha value is -1.94. The molecule has 7 atom stereocenters. The Bertz CT molecular complexity index is 2190. The summed E-state index contributed by atoms with van der Waals surface area (Å²) in [5.74, 6) is 1.16. The molecule has 672 valence electrons. The van der Waals surface area contributed by atoms with Crippen molar-refractivity contribution < 1.29 is 80.2 Å². The predicted molar refractivity (Wildman–Crippen MR) is 469 cm³/mol. The summed E-state index contributed by atoms with van der Waals surface area (Å²) in [5, 5.41) is 10.7. The Balaban J connectivity index is 5.21. The number of hydrogen-bond donors (Lipinski definition) is 3. The maximum absolute atomic E-state index is 13.2. The lowest BCUT2D eigenvalue weighted by molar-refractivity contribution is -0.161. The van der Waals surface area contributed by atoms with Crippen molar-refractivity contribution in [2.24, 2.45) is 23.7 Å². The number of phosphoric acid groups is 2. The van der Waals surface area contributed by atoms with Crippen molar-refractivity contribution in [3.8, 4) is 0 Å². The number of carbonyl (C=O) groups is 4. The van der Waals surface area contributed by atoms with E-state index >= 15 is 0 Å². The molecule has 113 heavy (non-hydrogen) atoms. The molecule has 0 amide bonds. The topological polar surface area (TPSA) is 237 Å². The van der Waals surface area contributed by atoms with Crippen molar-refractivity contribution in [1.82, 2.24) is 0 Å². The molecule has 3 N–H and O–H groups in total. The van der Waals surface area contributed by atoms with Crippen LogP contribution in [0, 0.1) is 23.7 Å². The van der Waals surface area contributed by atoms with Gasteiger partial charge in [0.25, 0.3) is 0 Å². The van der Waals surface area contributed by atoms with E-state index in [4.69, 9.17) is 37.0 Å². The Morgan fingerprint density at radius 3 is 0.628 bits per heavy atom. The van der Waals surface area contributed by atoms with Crippen LogP contribution in [0.4, 0.5) is 0 Å². The van der Waals surface area contributed by atoms with Gasteiger partial charge >= 0.3 is 39.5 Å². The second-order valence-corrected chi connectivity index (χ2v) is 38.1. The smallest absolute Gasteiger partial charge is 0.462 e. The SMILES string of the molecule is CCC(C)CCCCCCCCCCCCCCCCCCCCC(=O)O[C@H](COC(=O)CCCCCCCCCCCCCCCCCCC(C)C)COP(=O)(O)OCC(O)COP(=O)(O)OC[C@@H](COC(=O)CCCCCCCCCC(C)C)OC(=O)CCCCCCCCCCCCCCCCCCCCC(C)CC. The number of carbonyl (C=O) groups excluding carboxylic acids is 4. The molecular formula is C94H184O17P2. The molecule has 0 aliphatic carbocycles. The number of ether oxygens (including phenoxy) is 4. The third-order valence-electron chi connectivity index (χ3n) is 22.8. The summed E-state index contributed by atoms with van der Waals surface area (Å²) in [6.07, 6.45) is 75.2. The van der Waals surface area contributed by atoms with Crippen molar-refractivity contribution >= 4 is 39.5 Å². The van der Waals surface area contributed by atoms with Crippen LogP contribution in [0.2, 0.25) is 0 Å². The highest BCUT2D eigenvalue weighted by Crippen LogP contribution is 2.45. The van der Waals surface area contributed by atoms with Gasteiger partial charge in [-0.25, -0.2) is 9.13 Å². The van der Waals surface area contributed by atoms with Crippen LogP contribution in [0.3, 0.4) is 0 Å². The fourth-order valence-corrected chi connectivity index (χ4v) is 16.2. The Kier molecular flexibility index (Phi) is 81.0. The molecule has 19 heteroatoms. The quantitative estimate of drug-likeness (QED) is 0.0222. The Morgan fingerprint density at radius 2 is 0.425 bits per heavy atom. The van der Waals surface area contributed by atoms with E-state index in [1.807, 2.05) is 0 Å². The van der Waals surface area contributed by atoms with Crippen LogP contribution < -0.4 is 0 Å². The zero-order valence-electron chi connectivity index (χ0n) is 75.0. The molecule has 0 fully saturated rings. The minimum absolute atomic E-state index is 0.108. The van der Waals surface area contributed by atoms with Crippen LogP contribution in [0.5, 0.6) is 0 Å². The van der Waals surface area contributed by atoms with E-state index < -0.39 is 97.5 Å². The maximum Gasteiger partial charge on any atom is 0.472 e. The number of aliphatic hydroxyl groups is 1. The first-order valence-electron chi connectivity index (χ1n) is 48.3. The van der Waals surface area contributed by atoms with Gasteiger partial charge in [0, 0.05) is 25.7 Å². The molecule has 0 aliphatic rings. The fourth-order valence-electron chi connectivity index (χ4n) is 14.7. The number of phosphoric ester groups is 2. The summed E-state index contributed by atoms with van der Waals surface area (Å²) in [7, 11) is -9.94. The lowest BCUT2D eigenvalue weighted by Crippen LogP contribution is -2.30. The Labute approximate surface area is 696 Å². The van der Waals surface area contributed by atoms with Gasteiger partial charge in [0.05, 0.1) is 26.4 Å². The first-order chi connectivity index (χ1) is 54.7. The highest BCUT2D eigenvalue weighted by Gasteiger charge is 2.31. The van der Waals surface area contributed by atoms with Gasteiger partial charge in [-0.3, -0.25) is 37.3 Å². The monoisotopic (exact) mass is 1650 g/mol. The second kappa shape index (κ2) is 82.4. The summed E-state index contributed by atoms with van der Waals surface area (Å²) < 4.78 is 69.1. The lowest BCUT2D eigenvalue weighted by atomic mass is 9.99. The molecule has 0 aromatic rings. The number of esters is 4. The molecule has 0 saturated heterocycles. The highest BCUT2D eigenvalue weighted by molar-refractivity contribution is 7.47.